The molecule has 1 aromatic carbocycles. The Hall–Kier alpha value is -1.75. The van der Waals surface area contributed by atoms with E-state index in [9.17, 15) is 9.59 Å². The third kappa shape index (κ3) is 3.35. The fourth-order valence-electron chi connectivity index (χ4n) is 1.26. The monoisotopic (exact) mass is 256 g/mol. The number of carbonyl (C=O) groups is 2. The molecule has 1 atom stereocenters. The van der Waals surface area contributed by atoms with Gasteiger partial charge in [0.2, 0.25) is 0 Å². The molecule has 17 heavy (non-hydrogen) atoms. The molecule has 6 heteroatoms. The molecule has 0 radical (unpaired) electrons. The van der Waals surface area contributed by atoms with Crippen LogP contribution in [0, 0.1) is 0 Å². The highest BCUT2D eigenvalue weighted by molar-refractivity contribution is 6.33. The zero-order valence-electron chi connectivity index (χ0n) is 9.24. The Morgan fingerprint density at radius 2 is 2.18 bits per heavy atom. The molecule has 92 valence electrons. The van der Waals surface area contributed by atoms with E-state index in [4.69, 9.17) is 22.4 Å². The van der Waals surface area contributed by atoms with Crippen LogP contribution in [0.5, 0.6) is 0 Å². The first-order chi connectivity index (χ1) is 7.95. The van der Waals surface area contributed by atoms with Gasteiger partial charge in [0.15, 0.2) is 0 Å². The van der Waals surface area contributed by atoms with Crippen LogP contribution in [0.3, 0.4) is 0 Å². The first-order valence-corrected chi connectivity index (χ1v) is 5.42. The summed E-state index contributed by atoms with van der Waals surface area (Å²) < 4.78 is 0. The second-order valence-corrected chi connectivity index (χ2v) is 3.92. The van der Waals surface area contributed by atoms with E-state index >= 15 is 0 Å². The second kappa shape index (κ2) is 5.54. The van der Waals surface area contributed by atoms with Gasteiger partial charge in [0.05, 0.1) is 10.7 Å². The van der Waals surface area contributed by atoms with Crippen LogP contribution in [0.1, 0.15) is 23.7 Å². The van der Waals surface area contributed by atoms with Gasteiger partial charge >= 0.3 is 5.97 Å². The molecule has 1 rings (SSSR count). The minimum Gasteiger partial charge on any atom is -0.480 e. The van der Waals surface area contributed by atoms with Gasteiger partial charge in [-0.15, -0.1) is 0 Å². The molecule has 0 saturated carbocycles. The summed E-state index contributed by atoms with van der Waals surface area (Å²) in [5, 5.41) is 11.6. The molecule has 5 nitrogen and oxygen atoms in total. The van der Waals surface area contributed by atoms with Gasteiger partial charge < -0.3 is 16.2 Å². The van der Waals surface area contributed by atoms with Crippen LogP contribution >= 0.6 is 11.6 Å². The molecule has 0 aromatic heterocycles. The summed E-state index contributed by atoms with van der Waals surface area (Å²) >= 11 is 5.72. The molecular formula is C11H13ClN2O3. The smallest absolute Gasteiger partial charge is 0.326 e. The average Bonchev–Trinajstić information content (AvgIpc) is 2.28. The van der Waals surface area contributed by atoms with Crippen LogP contribution in [0.2, 0.25) is 5.02 Å². The summed E-state index contributed by atoms with van der Waals surface area (Å²) in [6.45, 7) is 1.68. The van der Waals surface area contributed by atoms with Crippen molar-refractivity contribution in [3.05, 3.63) is 28.8 Å². The standard InChI is InChI=1S/C11H13ClN2O3/c1-2-9(11(16)17)14-10(15)6-3-4-7(12)8(13)5-6/h3-5,9H,2,13H2,1H3,(H,14,15)(H,16,17)/t9-/m0/s1. The number of hydrogen-bond acceptors (Lipinski definition) is 3. The predicted molar refractivity (Wildman–Crippen MR) is 65.0 cm³/mol. The van der Waals surface area contributed by atoms with Gasteiger partial charge in [0.25, 0.3) is 5.91 Å². The lowest BCUT2D eigenvalue weighted by Gasteiger charge is -2.12. The van der Waals surface area contributed by atoms with Gasteiger partial charge in [-0.1, -0.05) is 18.5 Å². The van der Waals surface area contributed by atoms with Crippen LogP contribution in [0.15, 0.2) is 18.2 Å². The number of amides is 1. The van der Waals surface area contributed by atoms with Gasteiger partial charge in [-0.2, -0.15) is 0 Å². The van der Waals surface area contributed by atoms with Crippen molar-refractivity contribution in [1.29, 1.82) is 0 Å². The van der Waals surface area contributed by atoms with E-state index in [-0.39, 0.29) is 11.3 Å². The number of anilines is 1. The van der Waals surface area contributed by atoms with E-state index < -0.39 is 17.9 Å². The third-order valence-electron chi connectivity index (χ3n) is 2.27. The number of nitrogens with one attached hydrogen (secondary N) is 1. The van der Waals surface area contributed by atoms with Crippen molar-refractivity contribution < 1.29 is 14.7 Å². The van der Waals surface area contributed by atoms with Crippen molar-refractivity contribution in [2.45, 2.75) is 19.4 Å². The lowest BCUT2D eigenvalue weighted by atomic mass is 10.1. The topological polar surface area (TPSA) is 92.4 Å². The van der Waals surface area contributed by atoms with Crippen molar-refractivity contribution in [2.24, 2.45) is 0 Å². The van der Waals surface area contributed by atoms with Crippen molar-refractivity contribution in [3.63, 3.8) is 0 Å². The van der Waals surface area contributed by atoms with Crippen molar-refractivity contribution in [3.8, 4) is 0 Å². The molecule has 0 aliphatic heterocycles. The Morgan fingerprint density at radius 3 is 2.65 bits per heavy atom. The van der Waals surface area contributed by atoms with Crippen LogP contribution in [0.25, 0.3) is 0 Å². The molecule has 0 aliphatic rings. The maximum atomic E-state index is 11.7. The number of halogens is 1. The largest absolute Gasteiger partial charge is 0.480 e. The number of carboxylic acids is 1. The molecule has 0 heterocycles. The molecule has 1 amide bonds. The van der Waals surface area contributed by atoms with Crippen LogP contribution in [-0.4, -0.2) is 23.0 Å². The molecule has 0 bridgehead atoms. The summed E-state index contributed by atoms with van der Waals surface area (Å²) in [6, 6.07) is 3.49. The van der Waals surface area contributed by atoms with E-state index in [1.807, 2.05) is 0 Å². The van der Waals surface area contributed by atoms with E-state index in [0.29, 0.717) is 11.4 Å². The van der Waals surface area contributed by atoms with Gasteiger partial charge in [0, 0.05) is 5.56 Å². The van der Waals surface area contributed by atoms with E-state index in [1.165, 1.54) is 18.2 Å². The predicted octanol–water partition coefficient (Wildman–Crippen LogP) is 1.52. The number of nitrogens with two attached hydrogens (primary N) is 1. The lowest BCUT2D eigenvalue weighted by molar-refractivity contribution is -0.139. The van der Waals surface area contributed by atoms with Gasteiger partial charge in [-0.3, -0.25) is 4.79 Å². The molecule has 0 unspecified atom stereocenters. The molecule has 0 spiro atoms. The fourth-order valence-corrected chi connectivity index (χ4v) is 1.38. The molecule has 4 N–H and O–H groups in total. The minimum atomic E-state index is -1.07. The van der Waals surface area contributed by atoms with Gasteiger partial charge in [-0.25, -0.2) is 4.79 Å². The zero-order chi connectivity index (χ0) is 13.0. The van der Waals surface area contributed by atoms with Crippen molar-refractivity contribution in [1.82, 2.24) is 5.32 Å². The summed E-state index contributed by atoms with van der Waals surface area (Å²) in [4.78, 5) is 22.5. The number of benzene rings is 1. The fraction of sp³-hybridized carbons (Fsp3) is 0.273. The minimum absolute atomic E-state index is 0.280. The van der Waals surface area contributed by atoms with Crippen molar-refractivity contribution >= 4 is 29.2 Å². The van der Waals surface area contributed by atoms with E-state index in [0.717, 1.165) is 0 Å². The summed E-state index contributed by atoms with van der Waals surface area (Å²) in [5.41, 5.74) is 6.12. The van der Waals surface area contributed by atoms with Crippen LogP contribution in [-0.2, 0) is 4.79 Å². The maximum Gasteiger partial charge on any atom is 0.326 e. The Labute approximate surface area is 104 Å². The summed E-state index contributed by atoms with van der Waals surface area (Å²) in [7, 11) is 0. The Morgan fingerprint density at radius 1 is 1.53 bits per heavy atom. The van der Waals surface area contributed by atoms with E-state index in [2.05, 4.69) is 5.32 Å². The molecule has 0 aliphatic carbocycles. The highest BCUT2D eigenvalue weighted by Gasteiger charge is 2.18. The zero-order valence-corrected chi connectivity index (χ0v) is 9.99. The number of nitrogen functional groups attached to an aromatic ring is 1. The number of aliphatic carboxylic acids is 1. The Balaban J connectivity index is 2.82. The molecular weight excluding hydrogens is 244 g/mol. The summed E-state index contributed by atoms with van der Waals surface area (Å²) in [5.74, 6) is -1.55. The van der Waals surface area contributed by atoms with Crippen LogP contribution in [0.4, 0.5) is 5.69 Å². The first kappa shape index (κ1) is 13.3. The Kier molecular flexibility index (Phi) is 4.34. The van der Waals surface area contributed by atoms with Gasteiger partial charge in [-0.05, 0) is 24.6 Å². The molecule has 0 saturated heterocycles. The number of hydrogen-bond donors (Lipinski definition) is 3. The normalized spacial score (nSPS) is 11.9. The summed E-state index contributed by atoms with van der Waals surface area (Å²) in [6.07, 6.45) is 0.310. The second-order valence-electron chi connectivity index (χ2n) is 3.51. The quantitative estimate of drug-likeness (QED) is 0.712. The highest BCUT2D eigenvalue weighted by atomic mass is 35.5. The van der Waals surface area contributed by atoms with E-state index in [1.54, 1.807) is 6.92 Å². The average molecular weight is 257 g/mol. The number of carbonyl (C=O) groups excluding carboxylic acids is 1. The molecule has 1 aromatic rings. The third-order valence-corrected chi connectivity index (χ3v) is 2.61. The Bertz CT molecular complexity index is 448. The number of rotatable bonds is 4. The molecule has 0 fully saturated rings. The van der Waals surface area contributed by atoms with Crippen LogP contribution < -0.4 is 11.1 Å². The van der Waals surface area contributed by atoms with Crippen molar-refractivity contribution in [2.75, 3.05) is 5.73 Å². The first-order valence-electron chi connectivity index (χ1n) is 5.04. The SMILES string of the molecule is CC[C@H](NC(=O)c1ccc(Cl)c(N)c1)C(=O)O. The van der Waals surface area contributed by atoms with Gasteiger partial charge in [0.1, 0.15) is 6.04 Å². The lowest BCUT2D eigenvalue weighted by Crippen LogP contribution is -2.40. The highest BCUT2D eigenvalue weighted by Crippen LogP contribution is 2.19. The number of carboxylic acid groups (broad SMARTS) is 1. The maximum absolute atomic E-state index is 11.7.